The molecule has 0 radical (unpaired) electrons. The largest absolute Gasteiger partial charge is 0.324 e. The molecule has 1 aliphatic heterocycles. The van der Waals surface area contributed by atoms with Gasteiger partial charge in [0, 0.05) is 22.9 Å². The van der Waals surface area contributed by atoms with Gasteiger partial charge < -0.3 is 15.5 Å². The lowest BCUT2D eigenvalue weighted by molar-refractivity contribution is -0.119. The van der Waals surface area contributed by atoms with E-state index in [2.05, 4.69) is 24.5 Å². The summed E-state index contributed by atoms with van der Waals surface area (Å²) >= 11 is 5.97. The highest BCUT2D eigenvalue weighted by Gasteiger charge is 2.34. The van der Waals surface area contributed by atoms with Gasteiger partial charge >= 0.3 is 6.03 Å². The zero-order chi connectivity index (χ0) is 20.1. The number of anilines is 2. The topological polar surface area (TPSA) is 61.4 Å². The third-order valence-corrected chi connectivity index (χ3v) is 5.49. The molecule has 3 amide bonds. The van der Waals surface area contributed by atoms with Crippen molar-refractivity contribution in [1.82, 2.24) is 4.90 Å². The SMILES string of the molecule is CCC(C)c1ccc(NC(=O)C2CCCN2C(=O)Nc2cccc(Cl)c2)cc1. The number of benzene rings is 2. The van der Waals surface area contributed by atoms with Crippen LogP contribution in [0.3, 0.4) is 0 Å². The van der Waals surface area contributed by atoms with E-state index in [1.54, 1.807) is 29.2 Å². The van der Waals surface area contributed by atoms with Crippen LogP contribution >= 0.6 is 11.6 Å². The maximum absolute atomic E-state index is 12.8. The fourth-order valence-electron chi connectivity index (χ4n) is 3.40. The van der Waals surface area contributed by atoms with Crippen molar-refractivity contribution in [3.05, 3.63) is 59.1 Å². The summed E-state index contributed by atoms with van der Waals surface area (Å²) in [4.78, 5) is 27.0. The predicted octanol–water partition coefficient (Wildman–Crippen LogP) is 5.49. The minimum Gasteiger partial charge on any atom is -0.324 e. The molecule has 6 heteroatoms. The standard InChI is InChI=1S/C22H26ClN3O2/c1-3-15(2)16-9-11-18(12-10-16)24-21(27)20-8-5-13-26(20)22(28)25-19-7-4-6-17(23)14-19/h4,6-7,9-12,14-15,20H,3,5,8,13H2,1-2H3,(H,24,27)(H,25,28). The summed E-state index contributed by atoms with van der Waals surface area (Å²) in [5.74, 6) is 0.334. The summed E-state index contributed by atoms with van der Waals surface area (Å²) in [6.07, 6.45) is 2.53. The quantitative estimate of drug-likeness (QED) is 0.698. The number of nitrogens with zero attached hydrogens (tertiary/aromatic N) is 1. The first kappa shape index (κ1) is 20.2. The molecule has 2 unspecified atom stereocenters. The summed E-state index contributed by atoms with van der Waals surface area (Å²) in [6, 6.07) is 14.1. The first-order valence-corrected chi connectivity index (χ1v) is 10.1. The number of urea groups is 1. The second-order valence-corrected chi connectivity index (χ2v) is 7.65. The average molecular weight is 400 g/mol. The molecule has 0 saturated carbocycles. The van der Waals surface area contributed by atoms with E-state index in [9.17, 15) is 9.59 Å². The second kappa shape index (κ2) is 9.11. The van der Waals surface area contributed by atoms with Crippen molar-refractivity contribution in [1.29, 1.82) is 0 Å². The van der Waals surface area contributed by atoms with Crippen LogP contribution < -0.4 is 10.6 Å². The molecule has 0 aliphatic carbocycles. The Morgan fingerprint density at radius 2 is 1.89 bits per heavy atom. The Kier molecular flexibility index (Phi) is 6.57. The molecule has 2 aromatic carbocycles. The molecular formula is C22H26ClN3O2. The average Bonchev–Trinajstić information content (AvgIpc) is 3.18. The first-order valence-electron chi connectivity index (χ1n) is 9.72. The summed E-state index contributed by atoms with van der Waals surface area (Å²) < 4.78 is 0. The van der Waals surface area contributed by atoms with Gasteiger partial charge in [-0.25, -0.2) is 4.79 Å². The molecule has 3 rings (SSSR count). The molecule has 0 bridgehead atoms. The van der Waals surface area contributed by atoms with Crippen LogP contribution in [0.15, 0.2) is 48.5 Å². The third-order valence-electron chi connectivity index (χ3n) is 5.25. The van der Waals surface area contributed by atoms with Gasteiger partial charge in [-0.15, -0.1) is 0 Å². The van der Waals surface area contributed by atoms with E-state index >= 15 is 0 Å². The Labute approximate surface area is 171 Å². The zero-order valence-corrected chi connectivity index (χ0v) is 17.0. The number of halogens is 1. The Morgan fingerprint density at radius 3 is 2.57 bits per heavy atom. The van der Waals surface area contributed by atoms with Gasteiger partial charge in [0.15, 0.2) is 0 Å². The Hall–Kier alpha value is -2.53. The summed E-state index contributed by atoms with van der Waals surface area (Å²) in [6.45, 7) is 4.89. The molecule has 1 fully saturated rings. The van der Waals surface area contributed by atoms with Crippen molar-refractivity contribution in [3.8, 4) is 0 Å². The van der Waals surface area contributed by atoms with Crippen LogP contribution in [0.5, 0.6) is 0 Å². The Bertz CT molecular complexity index is 838. The van der Waals surface area contributed by atoms with E-state index in [4.69, 9.17) is 11.6 Å². The molecule has 28 heavy (non-hydrogen) atoms. The zero-order valence-electron chi connectivity index (χ0n) is 16.2. The van der Waals surface area contributed by atoms with Crippen molar-refractivity contribution < 1.29 is 9.59 Å². The third kappa shape index (κ3) is 4.84. The highest BCUT2D eigenvalue weighted by Crippen LogP contribution is 2.23. The molecule has 1 aliphatic rings. The molecule has 2 N–H and O–H groups in total. The Balaban J connectivity index is 1.63. The van der Waals surface area contributed by atoms with Crippen molar-refractivity contribution in [2.24, 2.45) is 0 Å². The minimum absolute atomic E-state index is 0.157. The number of likely N-dealkylation sites (tertiary alicyclic amines) is 1. The normalized spacial score (nSPS) is 17.2. The van der Waals surface area contributed by atoms with E-state index in [0.717, 1.165) is 18.5 Å². The smallest absolute Gasteiger partial charge is 0.322 e. The Morgan fingerprint density at radius 1 is 1.14 bits per heavy atom. The number of nitrogens with one attached hydrogen (secondary N) is 2. The monoisotopic (exact) mass is 399 g/mol. The molecule has 1 saturated heterocycles. The highest BCUT2D eigenvalue weighted by atomic mass is 35.5. The van der Waals surface area contributed by atoms with Gasteiger partial charge in [0.25, 0.3) is 0 Å². The molecule has 0 spiro atoms. The van der Waals surface area contributed by atoms with Gasteiger partial charge in [-0.3, -0.25) is 4.79 Å². The van der Waals surface area contributed by atoms with Crippen LogP contribution in [0.2, 0.25) is 5.02 Å². The van der Waals surface area contributed by atoms with Crippen LogP contribution in [0.1, 0.15) is 44.6 Å². The number of hydrogen-bond acceptors (Lipinski definition) is 2. The fraction of sp³-hybridized carbons (Fsp3) is 0.364. The van der Waals surface area contributed by atoms with Crippen LogP contribution in [0.4, 0.5) is 16.2 Å². The van der Waals surface area contributed by atoms with E-state index < -0.39 is 6.04 Å². The van der Waals surface area contributed by atoms with Gasteiger partial charge in [-0.05, 0) is 61.1 Å². The van der Waals surface area contributed by atoms with Gasteiger partial charge in [0.2, 0.25) is 5.91 Å². The summed E-state index contributed by atoms with van der Waals surface area (Å²) in [5, 5.41) is 6.32. The minimum atomic E-state index is -0.478. The number of hydrogen-bond donors (Lipinski definition) is 2. The summed E-state index contributed by atoms with van der Waals surface area (Å²) in [5.41, 5.74) is 2.62. The van der Waals surface area contributed by atoms with Crippen molar-refractivity contribution in [3.63, 3.8) is 0 Å². The molecule has 5 nitrogen and oxygen atoms in total. The van der Waals surface area contributed by atoms with Gasteiger partial charge in [-0.2, -0.15) is 0 Å². The van der Waals surface area contributed by atoms with Gasteiger partial charge in [0.1, 0.15) is 6.04 Å². The number of amides is 3. The van der Waals surface area contributed by atoms with E-state index in [1.807, 2.05) is 24.3 Å². The van der Waals surface area contributed by atoms with E-state index in [0.29, 0.717) is 29.6 Å². The lowest BCUT2D eigenvalue weighted by atomic mass is 9.98. The van der Waals surface area contributed by atoms with E-state index in [-0.39, 0.29) is 11.9 Å². The highest BCUT2D eigenvalue weighted by molar-refractivity contribution is 6.30. The molecule has 0 aromatic heterocycles. The maximum atomic E-state index is 12.8. The van der Waals surface area contributed by atoms with Crippen molar-refractivity contribution >= 4 is 34.9 Å². The molecule has 2 aromatic rings. The first-order chi connectivity index (χ1) is 13.5. The van der Waals surface area contributed by atoms with Gasteiger partial charge in [-0.1, -0.05) is 43.6 Å². The predicted molar refractivity (Wildman–Crippen MR) is 114 cm³/mol. The molecular weight excluding hydrogens is 374 g/mol. The van der Waals surface area contributed by atoms with Crippen LogP contribution in [0.25, 0.3) is 0 Å². The van der Waals surface area contributed by atoms with Crippen molar-refractivity contribution in [2.45, 2.75) is 45.1 Å². The molecule has 2 atom stereocenters. The maximum Gasteiger partial charge on any atom is 0.322 e. The van der Waals surface area contributed by atoms with E-state index in [1.165, 1.54) is 5.56 Å². The van der Waals surface area contributed by atoms with Crippen LogP contribution in [-0.2, 0) is 4.79 Å². The number of carbonyl (C=O) groups excluding carboxylic acids is 2. The van der Waals surface area contributed by atoms with Gasteiger partial charge in [0.05, 0.1) is 0 Å². The van der Waals surface area contributed by atoms with Crippen molar-refractivity contribution in [2.75, 3.05) is 17.2 Å². The summed E-state index contributed by atoms with van der Waals surface area (Å²) in [7, 11) is 0. The molecule has 148 valence electrons. The molecule has 1 heterocycles. The second-order valence-electron chi connectivity index (χ2n) is 7.21. The fourth-order valence-corrected chi connectivity index (χ4v) is 3.59. The lowest BCUT2D eigenvalue weighted by Crippen LogP contribution is -2.45. The number of carbonyl (C=O) groups is 2. The van der Waals surface area contributed by atoms with Crippen LogP contribution in [-0.4, -0.2) is 29.4 Å². The lowest BCUT2D eigenvalue weighted by Gasteiger charge is -2.24. The van der Waals surface area contributed by atoms with Crippen LogP contribution in [0, 0.1) is 0 Å². The number of rotatable bonds is 5.